The fraction of sp³-hybridized carbons (Fsp3) is 0.600. The molecule has 0 aliphatic heterocycles. The summed E-state index contributed by atoms with van der Waals surface area (Å²) in [6.07, 6.45) is -3.23. The van der Waals surface area contributed by atoms with Gasteiger partial charge in [0.2, 0.25) is 0 Å². The molecular weight excluding hydrogens is 267 g/mol. The lowest BCUT2D eigenvalue weighted by Crippen LogP contribution is -2.41. The van der Waals surface area contributed by atoms with Crippen molar-refractivity contribution >= 4 is 5.69 Å². The highest BCUT2D eigenvalue weighted by Gasteiger charge is 2.27. The van der Waals surface area contributed by atoms with Gasteiger partial charge < -0.3 is 10.5 Å². The Bertz CT molecular complexity index is 548. The number of alkyl halides is 3. The van der Waals surface area contributed by atoms with Crippen LogP contribution in [0.4, 0.5) is 18.9 Å². The van der Waals surface area contributed by atoms with Gasteiger partial charge in [0.1, 0.15) is 12.3 Å². The van der Waals surface area contributed by atoms with Crippen LogP contribution in [-0.2, 0) is 17.8 Å². The summed E-state index contributed by atoms with van der Waals surface area (Å²) in [5.41, 5.74) is 3.93. The Labute approximate surface area is 106 Å². The fourth-order valence-corrected chi connectivity index (χ4v) is 1.44. The van der Waals surface area contributed by atoms with Crippen molar-refractivity contribution in [3.8, 4) is 0 Å². The van der Waals surface area contributed by atoms with Crippen LogP contribution in [0.15, 0.2) is 15.8 Å². The number of anilines is 1. The molecule has 0 bridgehead atoms. The summed E-state index contributed by atoms with van der Waals surface area (Å²) in [7, 11) is 0. The third-order valence-electron chi connectivity index (χ3n) is 2.33. The minimum absolute atomic E-state index is 0.141. The quantitative estimate of drug-likeness (QED) is 0.781. The van der Waals surface area contributed by atoms with E-state index in [4.69, 9.17) is 5.73 Å². The normalized spacial score (nSPS) is 11.8. The van der Waals surface area contributed by atoms with Crippen LogP contribution in [0.5, 0.6) is 0 Å². The monoisotopic (exact) mass is 281 g/mol. The van der Waals surface area contributed by atoms with Gasteiger partial charge in [0.25, 0.3) is 5.56 Å². The predicted octanol–water partition coefficient (Wildman–Crippen LogP) is 0.191. The molecule has 0 saturated heterocycles. The molecule has 1 aromatic heterocycles. The first-order valence-corrected chi connectivity index (χ1v) is 5.50. The number of rotatable bonds is 5. The second-order valence-corrected chi connectivity index (χ2v) is 3.78. The fourth-order valence-electron chi connectivity index (χ4n) is 1.44. The van der Waals surface area contributed by atoms with Crippen LogP contribution in [-0.4, -0.2) is 28.5 Å². The summed E-state index contributed by atoms with van der Waals surface area (Å²) >= 11 is 0. The van der Waals surface area contributed by atoms with E-state index in [0.717, 1.165) is 4.57 Å². The highest BCUT2D eigenvalue weighted by molar-refractivity contribution is 5.30. The number of halogens is 3. The van der Waals surface area contributed by atoms with Gasteiger partial charge in [0.05, 0.1) is 13.2 Å². The zero-order valence-electron chi connectivity index (χ0n) is 10.2. The van der Waals surface area contributed by atoms with E-state index in [9.17, 15) is 22.8 Å². The van der Waals surface area contributed by atoms with Crippen molar-refractivity contribution < 1.29 is 17.9 Å². The molecule has 0 unspecified atom stereocenters. The summed E-state index contributed by atoms with van der Waals surface area (Å²) in [6, 6.07) is 0. The van der Waals surface area contributed by atoms with Crippen molar-refractivity contribution in [3.63, 3.8) is 0 Å². The molecule has 0 spiro atoms. The second-order valence-electron chi connectivity index (χ2n) is 3.78. The largest absolute Gasteiger partial charge is 0.411 e. The molecule has 0 aromatic carbocycles. The highest BCUT2D eigenvalue weighted by Crippen LogP contribution is 2.14. The molecule has 6 nitrogen and oxygen atoms in total. The summed E-state index contributed by atoms with van der Waals surface area (Å²) in [5.74, 6) is 0. The average Bonchev–Trinajstić information content (AvgIpc) is 2.31. The van der Waals surface area contributed by atoms with Crippen molar-refractivity contribution in [1.82, 2.24) is 9.13 Å². The lowest BCUT2D eigenvalue weighted by Gasteiger charge is -2.11. The zero-order valence-corrected chi connectivity index (χ0v) is 10.2. The van der Waals surface area contributed by atoms with Crippen molar-refractivity contribution in [3.05, 3.63) is 27.0 Å². The van der Waals surface area contributed by atoms with E-state index >= 15 is 0 Å². The van der Waals surface area contributed by atoms with Crippen molar-refractivity contribution in [2.24, 2.45) is 0 Å². The van der Waals surface area contributed by atoms with Gasteiger partial charge in [0, 0.05) is 12.7 Å². The number of nitrogen functional groups attached to an aromatic ring is 1. The van der Waals surface area contributed by atoms with Gasteiger partial charge in [-0.05, 0) is 6.92 Å². The zero-order chi connectivity index (χ0) is 14.6. The average molecular weight is 281 g/mol. The van der Waals surface area contributed by atoms with Gasteiger partial charge in [-0.2, -0.15) is 13.2 Å². The maximum Gasteiger partial charge on any atom is 0.411 e. The molecular formula is C10H14F3N3O3. The first kappa shape index (κ1) is 15.3. The SMILES string of the molecule is CCn1cc(N)c(=O)n(CCOCC(F)(F)F)c1=O. The van der Waals surface area contributed by atoms with Crippen molar-refractivity contribution in [1.29, 1.82) is 0 Å². The third kappa shape index (κ3) is 4.12. The maximum atomic E-state index is 11.8. The Kier molecular flexibility index (Phi) is 4.76. The van der Waals surface area contributed by atoms with E-state index in [-0.39, 0.29) is 12.2 Å². The minimum Gasteiger partial charge on any atom is -0.393 e. The van der Waals surface area contributed by atoms with E-state index in [1.54, 1.807) is 6.92 Å². The molecule has 1 rings (SSSR count). The maximum absolute atomic E-state index is 11.8. The summed E-state index contributed by atoms with van der Waals surface area (Å²) in [6.45, 7) is -0.130. The molecule has 1 aromatic rings. The van der Waals surface area contributed by atoms with Crippen LogP contribution in [0.2, 0.25) is 0 Å². The molecule has 0 atom stereocenters. The molecule has 19 heavy (non-hydrogen) atoms. The second kappa shape index (κ2) is 5.91. The van der Waals surface area contributed by atoms with Gasteiger partial charge in [0.15, 0.2) is 0 Å². The molecule has 0 aliphatic rings. The van der Waals surface area contributed by atoms with Gasteiger partial charge in [-0.1, -0.05) is 0 Å². The molecule has 2 N–H and O–H groups in total. The Morgan fingerprint density at radius 3 is 2.53 bits per heavy atom. The van der Waals surface area contributed by atoms with Crippen LogP contribution >= 0.6 is 0 Å². The van der Waals surface area contributed by atoms with Crippen LogP contribution in [0.3, 0.4) is 0 Å². The number of nitrogens with zero attached hydrogens (tertiary/aromatic N) is 2. The lowest BCUT2D eigenvalue weighted by molar-refractivity contribution is -0.174. The topological polar surface area (TPSA) is 79.2 Å². The van der Waals surface area contributed by atoms with Crippen LogP contribution in [0.25, 0.3) is 0 Å². The first-order chi connectivity index (χ1) is 8.76. The molecule has 1 heterocycles. The number of hydrogen-bond donors (Lipinski definition) is 1. The van der Waals surface area contributed by atoms with Crippen molar-refractivity contribution in [2.75, 3.05) is 18.9 Å². The smallest absolute Gasteiger partial charge is 0.393 e. The summed E-state index contributed by atoms with van der Waals surface area (Å²) in [4.78, 5) is 23.4. The highest BCUT2D eigenvalue weighted by atomic mass is 19.4. The number of hydrogen-bond acceptors (Lipinski definition) is 4. The van der Waals surface area contributed by atoms with E-state index in [1.807, 2.05) is 0 Å². The minimum atomic E-state index is -4.44. The standard InChI is InChI=1S/C10H14F3N3O3/c1-2-15-5-7(14)8(17)16(9(15)18)3-4-19-6-10(11,12)13/h5H,2-4,6,14H2,1H3. The Hall–Kier alpha value is -1.77. The van der Waals surface area contributed by atoms with E-state index in [2.05, 4.69) is 4.74 Å². The molecule has 108 valence electrons. The third-order valence-corrected chi connectivity index (χ3v) is 2.33. The van der Waals surface area contributed by atoms with Crippen LogP contribution in [0, 0.1) is 0 Å². The summed E-state index contributed by atoms with van der Waals surface area (Å²) < 4.78 is 41.8. The Morgan fingerprint density at radius 1 is 1.37 bits per heavy atom. The summed E-state index contributed by atoms with van der Waals surface area (Å²) in [5, 5.41) is 0. The number of nitrogens with two attached hydrogens (primary N) is 1. The molecule has 0 aliphatic carbocycles. The van der Waals surface area contributed by atoms with Crippen LogP contribution in [0.1, 0.15) is 6.92 Å². The molecule has 9 heteroatoms. The van der Waals surface area contributed by atoms with E-state index < -0.39 is 30.6 Å². The van der Waals surface area contributed by atoms with E-state index in [0.29, 0.717) is 6.54 Å². The Balaban J connectivity index is 2.81. The van der Waals surface area contributed by atoms with Gasteiger partial charge in [-0.15, -0.1) is 0 Å². The van der Waals surface area contributed by atoms with Gasteiger partial charge in [-0.25, -0.2) is 4.79 Å². The molecule has 0 amide bonds. The van der Waals surface area contributed by atoms with Gasteiger partial charge in [-0.3, -0.25) is 13.9 Å². The van der Waals surface area contributed by atoms with Gasteiger partial charge >= 0.3 is 11.9 Å². The van der Waals surface area contributed by atoms with E-state index in [1.165, 1.54) is 10.8 Å². The molecule has 0 saturated carbocycles. The number of aryl methyl sites for hydroxylation is 1. The van der Waals surface area contributed by atoms with Crippen LogP contribution < -0.4 is 17.0 Å². The van der Waals surface area contributed by atoms with Crippen molar-refractivity contribution in [2.45, 2.75) is 26.2 Å². The molecule has 0 fully saturated rings. The number of ether oxygens (including phenoxy) is 1. The molecule has 0 radical (unpaired) electrons. The predicted molar refractivity (Wildman–Crippen MR) is 61.9 cm³/mol. The Morgan fingerprint density at radius 2 is 2.00 bits per heavy atom. The lowest BCUT2D eigenvalue weighted by atomic mass is 10.5. The first-order valence-electron chi connectivity index (χ1n) is 5.50. The number of aromatic nitrogens is 2.